The Labute approximate surface area is 153 Å². The number of rotatable bonds is 11. The molecule has 0 saturated carbocycles. The Hall–Kier alpha value is -2.50. The third kappa shape index (κ3) is 8.05. The first kappa shape index (κ1) is 19.8. The number of esters is 1. The molecule has 0 fully saturated rings. The number of carbonyl (C=O) groups excluding carboxylic acids is 2. The summed E-state index contributed by atoms with van der Waals surface area (Å²) in [4.78, 5) is 22.8. The highest BCUT2D eigenvalue weighted by molar-refractivity contribution is 5.94. The minimum Gasteiger partial charge on any atom is -0.457 e. The molecule has 0 radical (unpaired) electrons. The van der Waals surface area contributed by atoms with Crippen LogP contribution in [0.3, 0.4) is 0 Å². The first-order valence-electron chi connectivity index (χ1n) is 8.55. The molecule has 0 heterocycles. The predicted octanol–water partition coefficient (Wildman–Crippen LogP) is 3.31. The minimum absolute atomic E-state index is 0.202. The Morgan fingerprint density at radius 1 is 0.808 bits per heavy atom. The molecule has 0 unspecified atom stereocenters. The molecule has 0 N–H and O–H groups in total. The van der Waals surface area contributed by atoms with Crippen molar-refractivity contribution in [1.29, 1.82) is 0 Å². The van der Waals surface area contributed by atoms with E-state index >= 15 is 0 Å². The molecule has 26 heavy (non-hydrogen) atoms. The van der Waals surface area contributed by atoms with Crippen molar-refractivity contribution in [2.24, 2.45) is 0 Å². The Balaban J connectivity index is 1.81. The van der Waals surface area contributed by atoms with E-state index in [4.69, 9.17) is 14.2 Å². The molecular formula is C21H24O5. The van der Waals surface area contributed by atoms with Crippen LogP contribution in [0.25, 0.3) is 0 Å². The van der Waals surface area contributed by atoms with E-state index in [-0.39, 0.29) is 25.4 Å². The molecule has 5 nitrogen and oxygen atoms in total. The second-order valence-corrected chi connectivity index (χ2v) is 5.99. The fourth-order valence-corrected chi connectivity index (χ4v) is 2.31. The highest BCUT2D eigenvalue weighted by Gasteiger charge is 2.17. The van der Waals surface area contributed by atoms with Gasteiger partial charge in [0.1, 0.15) is 18.3 Å². The monoisotopic (exact) mass is 356 g/mol. The van der Waals surface area contributed by atoms with Gasteiger partial charge in [-0.3, -0.25) is 9.59 Å². The number of hydrogen-bond acceptors (Lipinski definition) is 5. The van der Waals surface area contributed by atoms with E-state index in [0.717, 1.165) is 11.1 Å². The normalized spacial score (nSPS) is 10.7. The molecule has 138 valence electrons. The molecule has 0 amide bonds. The number of ether oxygens (including phenoxy) is 3. The van der Waals surface area contributed by atoms with Crippen LogP contribution in [-0.2, 0) is 37.0 Å². The Kier molecular flexibility index (Phi) is 8.52. The van der Waals surface area contributed by atoms with Crippen LogP contribution in [0.5, 0.6) is 0 Å². The van der Waals surface area contributed by atoms with Crippen LogP contribution >= 0.6 is 0 Å². The zero-order valence-electron chi connectivity index (χ0n) is 14.9. The number of carbonyl (C=O) groups is 2. The van der Waals surface area contributed by atoms with E-state index in [1.165, 1.54) is 6.92 Å². The van der Waals surface area contributed by atoms with Gasteiger partial charge >= 0.3 is 5.97 Å². The Morgan fingerprint density at radius 3 is 1.69 bits per heavy atom. The molecule has 2 aromatic carbocycles. The maximum atomic E-state index is 11.8. The first-order chi connectivity index (χ1) is 12.6. The molecule has 0 aliphatic carbocycles. The second-order valence-electron chi connectivity index (χ2n) is 5.99. The van der Waals surface area contributed by atoms with Gasteiger partial charge in [0, 0.05) is 0 Å². The standard InChI is InChI=1S/C21H24O5/c1-17(22)12-21(23)26-20(15-24-13-18-8-4-2-5-9-18)16-25-14-19-10-6-3-7-11-19/h2-11,20H,12-16H2,1H3. The number of ketones is 1. The molecule has 0 saturated heterocycles. The van der Waals surface area contributed by atoms with Crippen LogP contribution in [0.15, 0.2) is 60.7 Å². The van der Waals surface area contributed by atoms with Gasteiger partial charge in [0.25, 0.3) is 0 Å². The van der Waals surface area contributed by atoms with Crippen molar-refractivity contribution in [2.75, 3.05) is 13.2 Å². The summed E-state index contributed by atoms with van der Waals surface area (Å²) in [5.74, 6) is -0.793. The summed E-state index contributed by atoms with van der Waals surface area (Å²) < 4.78 is 16.6. The average molecular weight is 356 g/mol. The fraction of sp³-hybridized carbons (Fsp3) is 0.333. The van der Waals surface area contributed by atoms with Crippen LogP contribution in [-0.4, -0.2) is 31.1 Å². The molecule has 2 rings (SSSR count). The summed E-state index contributed by atoms with van der Waals surface area (Å²) in [6.07, 6.45) is -0.803. The summed E-state index contributed by atoms with van der Waals surface area (Å²) in [6.45, 7) is 2.59. The van der Waals surface area contributed by atoms with Gasteiger partial charge in [-0.1, -0.05) is 60.7 Å². The second kappa shape index (κ2) is 11.2. The number of Topliss-reactive ketones (excluding diaryl/α,β-unsaturated/α-hetero) is 1. The summed E-state index contributed by atoms with van der Waals surface area (Å²) in [6, 6.07) is 19.5. The van der Waals surface area contributed by atoms with Crippen molar-refractivity contribution >= 4 is 11.8 Å². The lowest BCUT2D eigenvalue weighted by Gasteiger charge is -2.18. The van der Waals surface area contributed by atoms with Crippen molar-refractivity contribution in [1.82, 2.24) is 0 Å². The van der Waals surface area contributed by atoms with Crippen LogP contribution in [0, 0.1) is 0 Å². The molecule has 0 aliphatic rings. The SMILES string of the molecule is CC(=O)CC(=O)OC(COCc1ccccc1)COCc1ccccc1. The van der Waals surface area contributed by atoms with Gasteiger partial charge in [0.05, 0.1) is 26.4 Å². The van der Waals surface area contributed by atoms with Gasteiger partial charge in [-0.2, -0.15) is 0 Å². The molecule has 0 aromatic heterocycles. The van der Waals surface area contributed by atoms with Crippen LogP contribution in [0.4, 0.5) is 0 Å². The predicted molar refractivity (Wildman–Crippen MR) is 97.4 cm³/mol. The number of hydrogen-bond donors (Lipinski definition) is 0. The zero-order valence-corrected chi connectivity index (χ0v) is 14.9. The largest absolute Gasteiger partial charge is 0.457 e. The van der Waals surface area contributed by atoms with Gasteiger partial charge in [0.2, 0.25) is 0 Å². The molecule has 0 bridgehead atoms. The van der Waals surface area contributed by atoms with Gasteiger partial charge in [-0.05, 0) is 18.1 Å². The highest BCUT2D eigenvalue weighted by Crippen LogP contribution is 2.06. The van der Waals surface area contributed by atoms with Gasteiger partial charge in [-0.15, -0.1) is 0 Å². The van der Waals surface area contributed by atoms with Crippen LogP contribution < -0.4 is 0 Å². The van der Waals surface area contributed by atoms with E-state index in [2.05, 4.69) is 0 Å². The molecule has 0 aliphatic heterocycles. The Bertz CT molecular complexity index is 624. The third-order valence-corrected chi connectivity index (χ3v) is 3.52. The van der Waals surface area contributed by atoms with Crippen LogP contribution in [0.2, 0.25) is 0 Å². The fourth-order valence-electron chi connectivity index (χ4n) is 2.31. The van der Waals surface area contributed by atoms with E-state index in [9.17, 15) is 9.59 Å². The topological polar surface area (TPSA) is 61.8 Å². The van der Waals surface area contributed by atoms with Gasteiger partial charge in [-0.25, -0.2) is 0 Å². The van der Waals surface area contributed by atoms with E-state index in [0.29, 0.717) is 13.2 Å². The summed E-state index contributed by atoms with van der Waals surface area (Å²) in [5.41, 5.74) is 2.07. The zero-order chi connectivity index (χ0) is 18.6. The molecule has 2 aromatic rings. The molecular weight excluding hydrogens is 332 g/mol. The van der Waals surface area contributed by atoms with E-state index in [1.807, 2.05) is 60.7 Å². The van der Waals surface area contributed by atoms with Gasteiger partial charge < -0.3 is 14.2 Å². The van der Waals surface area contributed by atoms with E-state index < -0.39 is 12.1 Å². The highest BCUT2D eigenvalue weighted by atomic mass is 16.6. The quantitative estimate of drug-likeness (QED) is 0.457. The van der Waals surface area contributed by atoms with Crippen molar-refractivity contribution in [3.63, 3.8) is 0 Å². The number of benzene rings is 2. The van der Waals surface area contributed by atoms with Crippen LogP contribution in [0.1, 0.15) is 24.5 Å². The maximum absolute atomic E-state index is 11.8. The molecule has 0 spiro atoms. The van der Waals surface area contributed by atoms with E-state index in [1.54, 1.807) is 0 Å². The van der Waals surface area contributed by atoms with Crippen molar-refractivity contribution in [2.45, 2.75) is 32.7 Å². The summed E-state index contributed by atoms with van der Waals surface area (Å²) in [7, 11) is 0. The average Bonchev–Trinajstić information content (AvgIpc) is 2.62. The Morgan fingerprint density at radius 2 is 1.27 bits per heavy atom. The van der Waals surface area contributed by atoms with Crippen molar-refractivity contribution in [3.05, 3.63) is 71.8 Å². The van der Waals surface area contributed by atoms with Gasteiger partial charge in [0.15, 0.2) is 0 Å². The lowest BCUT2D eigenvalue weighted by molar-refractivity contribution is -0.157. The van der Waals surface area contributed by atoms with Crippen molar-refractivity contribution < 1.29 is 23.8 Å². The lowest BCUT2D eigenvalue weighted by atomic mass is 10.2. The summed E-state index contributed by atoms with van der Waals surface area (Å²) in [5, 5.41) is 0. The maximum Gasteiger partial charge on any atom is 0.313 e. The minimum atomic E-state index is -0.561. The summed E-state index contributed by atoms with van der Waals surface area (Å²) >= 11 is 0. The smallest absolute Gasteiger partial charge is 0.313 e. The first-order valence-corrected chi connectivity index (χ1v) is 8.55. The third-order valence-electron chi connectivity index (χ3n) is 3.52. The molecule has 0 atom stereocenters. The lowest BCUT2D eigenvalue weighted by Crippen LogP contribution is -2.29. The molecule has 5 heteroatoms. The van der Waals surface area contributed by atoms with Crippen molar-refractivity contribution in [3.8, 4) is 0 Å².